The first kappa shape index (κ1) is 20.1. The van der Waals surface area contributed by atoms with E-state index in [1.165, 1.54) is 5.56 Å². The second-order valence-electron chi connectivity index (χ2n) is 7.92. The predicted octanol–water partition coefficient (Wildman–Crippen LogP) is 4.68. The van der Waals surface area contributed by atoms with Crippen molar-refractivity contribution >= 4 is 17.5 Å². The number of carboxylic acid groups (broad SMARTS) is 1. The molecule has 148 valence electrons. The largest absolute Gasteiger partial charge is 0.497 e. The molecule has 5 heteroatoms. The number of aliphatic carboxylic acids is 1. The number of fused-ring (bicyclic) bond motifs is 1. The van der Waals surface area contributed by atoms with Gasteiger partial charge in [0, 0.05) is 12.0 Å². The van der Waals surface area contributed by atoms with Crippen LogP contribution in [0.5, 0.6) is 5.75 Å². The molecule has 1 aromatic carbocycles. The Morgan fingerprint density at radius 1 is 1.18 bits per heavy atom. The van der Waals surface area contributed by atoms with Crippen molar-refractivity contribution in [2.45, 2.75) is 58.4 Å². The van der Waals surface area contributed by atoms with E-state index in [1.807, 2.05) is 12.1 Å². The molecule has 0 atom stereocenters. The van der Waals surface area contributed by atoms with E-state index < -0.39 is 5.97 Å². The van der Waals surface area contributed by atoms with Crippen LogP contribution in [0.15, 0.2) is 41.5 Å². The van der Waals surface area contributed by atoms with Gasteiger partial charge in [0.05, 0.1) is 30.8 Å². The monoisotopic (exact) mass is 381 g/mol. The number of aromatic nitrogens is 1. The van der Waals surface area contributed by atoms with Crippen LogP contribution >= 0.6 is 0 Å². The molecule has 2 aromatic rings. The summed E-state index contributed by atoms with van der Waals surface area (Å²) in [5.41, 5.74) is 4.50. The number of hydrogen-bond donors (Lipinski definition) is 1. The number of carbonyl (C=O) groups is 1. The highest BCUT2D eigenvalue weighted by Crippen LogP contribution is 2.39. The van der Waals surface area contributed by atoms with Crippen LogP contribution in [0.3, 0.4) is 0 Å². The highest BCUT2D eigenvalue weighted by atomic mass is 16.5. The minimum atomic E-state index is -0.726. The summed E-state index contributed by atoms with van der Waals surface area (Å²) in [5.74, 6) is 1.13. The summed E-state index contributed by atoms with van der Waals surface area (Å²) in [7, 11) is 1.68. The molecule has 0 radical (unpaired) electrons. The molecule has 0 bridgehead atoms. The fraction of sp³-hybridized carbons (Fsp3) is 0.435. The van der Waals surface area contributed by atoms with Gasteiger partial charge in [0.25, 0.3) is 0 Å². The van der Waals surface area contributed by atoms with Gasteiger partial charge in [-0.3, -0.25) is 4.79 Å². The Bertz CT molecular complexity index is 916. The van der Waals surface area contributed by atoms with Crippen molar-refractivity contribution in [3.8, 4) is 16.9 Å². The molecule has 0 amide bonds. The molecular weight excluding hydrogens is 352 g/mol. The number of pyridine rings is 1. The Balaban J connectivity index is 1.93. The molecule has 0 saturated heterocycles. The molecule has 2 heterocycles. The highest BCUT2D eigenvalue weighted by Gasteiger charge is 2.41. The van der Waals surface area contributed by atoms with E-state index in [4.69, 9.17) is 14.8 Å². The summed E-state index contributed by atoms with van der Waals surface area (Å²) < 4.78 is 7.62. The van der Waals surface area contributed by atoms with E-state index in [0.717, 1.165) is 47.8 Å². The molecular formula is C23H29N2O3+. The van der Waals surface area contributed by atoms with Crippen molar-refractivity contribution in [2.24, 2.45) is 4.99 Å². The summed E-state index contributed by atoms with van der Waals surface area (Å²) in [4.78, 5) is 15.6. The van der Waals surface area contributed by atoms with Gasteiger partial charge >= 0.3 is 11.8 Å². The molecule has 1 aliphatic rings. The number of benzene rings is 1. The maximum absolute atomic E-state index is 10.7. The first-order valence-corrected chi connectivity index (χ1v) is 9.83. The van der Waals surface area contributed by atoms with Crippen molar-refractivity contribution in [1.29, 1.82) is 0 Å². The zero-order valence-corrected chi connectivity index (χ0v) is 17.2. The van der Waals surface area contributed by atoms with Crippen LogP contribution in [0, 0.1) is 0 Å². The first-order valence-electron chi connectivity index (χ1n) is 9.83. The molecule has 3 rings (SSSR count). The minimum Gasteiger partial charge on any atom is -0.497 e. The van der Waals surface area contributed by atoms with E-state index in [1.54, 1.807) is 7.11 Å². The molecule has 28 heavy (non-hydrogen) atoms. The average molecular weight is 381 g/mol. The molecule has 5 nitrogen and oxygen atoms in total. The quantitative estimate of drug-likeness (QED) is 0.533. The molecule has 0 aliphatic carbocycles. The number of ether oxygens (including phenoxy) is 1. The number of methoxy groups -OCH3 is 1. The molecule has 1 aromatic heterocycles. The molecule has 1 aliphatic heterocycles. The van der Waals surface area contributed by atoms with Gasteiger partial charge in [-0.25, -0.2) is 4.57 Å². The Hall–Kier alpha value is -2.69. The van der Waals surface area contributed by atoms with Gasteiger partial charge in [0.1, 0.15) is 11.5 Å². The molecule has 0 unspecified atom stereocenters. The van der Waals surface area contributed by atoms with Crippen LogP contribution in [0.25, 0.3) is 11.1 Å². The van der Waals surface area contributed by atoms with Gasteiger partial charge in [-0.15, -0.1) is 0 Å². The summed E-state index contributed by atoms with van der Waals surface area (Å²) in [6.45, 7) is 7.34. The summed E-state index contributed by atoms with van der Waals surface area (Å²) in [5, 5.41) is 8.82. The number of unbranched alkanes of at least 4 members (excludes halogenated alkanes) is 2. The standard InChI is InChI=1S/C23H28N2O3/c1-16-23(2,3)20-14-18(17-9-8-10-19(13-17)28-4)15-25(22(20)24-16)12-7-5-6-11-21(26)27/h8-10,13-15H,5-7,11-12H2,1-4H3/p+1. The number of carboxylic acids is 1. The predicted molar refractivity (Wildman–Crippen MR) is 111 cm³/mol. The number of rotatable bonds is 8. The van der Waals surface area contributed by atoms with Gasteiger partial charge in [-0.05, 0) is 68.8 Å². The maximum Gasteiger partial charge on any atom is 0.327 e. The second-order valence-corrected chi connectivity index (χ2v) is 7.92. The molecule has 0 spiro atoms. The van der Waals surface area contributed by atoms with E-state index in [9.17, 15) is 4.79 Å². The zero-order valence-electron chi connectivity index (χ0n) is 17.2. The van der Waals surface area contributed by atoms with Crippen molar-refractivity contribution in [3.63, 3.8) is 0 Å². The van der Waals surface area contributed by atoms with Gasteiger partial charge in [0.15, 0.2) is 0 Å². The number of nitrogens with zero attached hydrogens (tertiary/aromatic N) is 2. The summed E-state index contributed by atoms with van der Waals surface area (Å²) in [6, 6.07) is 10.3. The lowest BCUT2D eigenvalue weighted by Crippen LogP contribution is -2.35. The third kappa shape index (κ3) is 4.08. The Morgan fingerprint density at radius 3 is 2.68 bits per heavy atom. The summed E-state index contributed by atoms with van der Waals surface area (Å²) >= 11 is 0. The van der Waals surface area contributed by atoms with Gasteiger partial charge in [-0.1, -0.05) is 12.1 Å². The summed E-state index contributed by atoms with van der Waals surface area (Å²) in [6.07, 6.45) is 4.92. The van der Waals surface area contributed by atoms with Crippen LogP contribution in [0.2, 0.25) is 0 Å². The SMILES string of the molecule is COc1cccc(-c2cc3c([n+](CCCCCC(=O)O)c2)N=C(C)C3(C)C)c1. The Kier molecular flexibility index (Phi) is 5.82. The molecule has 1 N–H and O–H groups in total. The van der Waals surface area contributed by atoms with E-state index in [-0.39, 0.29) is 11.8 Å². The first-order chi connectivity index (χ1) is 13.3. The van der Waals surface area contributed by atoms with Gasteiger partial charge in [-0.2, -0.15) is 0 Å². The minimum absolute atomic E-state index is 0.102. The van der Waals surface area contributed by atoms with E-state index in [0.29, 0.717) is 6.42 Å². The third-order valence-electron chi connectivity index (χ3n) is 5.65. The second kappa shape index (κ2) is 8.13. The Morgan fingerprint density at radius 2 is 1.96 bits per heavy atom. The normalized spacial score (nSPS) is 14.5. The topological polar surface area (TPSA) is 62.8 Å². The van der Waals surface area contributed by atoms with E-state index in [2.05, 4.69) is 49.7 Å². The molecule has 0 saturated carbocycles. The third-order valence-corrected chi connectivity index (χ3v) is 5.65. The number of aliphatic imine (C=N–C) groups is 1. The molecule has 0 fully saturated rings. The lowest BCUT2D eigenvalue weighted by atomic mass is 9.82. The zero-order chi connectivity index (χ0) is 20.3. The van der Waals surface area contributed by atoms with Crippen LogP contribution in [-0.4, -0.2) is 23.9 Å². The maximum atomic E-state index is 10.7. The van der Waals surface area contributed by atoms with Gasteiger partial charge in [0.2, 0.25) is 0 Å². The van der Waals surface area contributed by atoms with Crippen molar-refractivity contribution in [2.75, 3.05) is 7.11 Å². The van der Waals surface area contributed by atoms with Crippen LogP contribution in [0.4, 0.5) is 5.82 Å². The van der Waals surface area contributed by atoms with Crippen LogP contribution in [0.1, 0.15) is 52.0 Å². The van der Waals surface area contributed by atoms with Crippen LogP contribution < -0.4 is 9.30 Å². The lowest BCUT2D eigenvalue weighted by Gasteiger charge is -2.17. The fourth-order valence-electron chi connectivity index (χ4n) is 3.59. The smallest absolute Gasteiger partial charge is 0.327 e. The van der Waals surface area contributed by atoms with Crippen LogP contribution in [-0.2, 0) is 16.8 Å². The fourth-order valence-corrected chi connectivity index (χ4v) is 3.59. The van der Waals surface area contributed by atoms with Gasteiger partial charge < -0.3 is 9.84 Å². The van der Waals surface area contributed by atoms with Crippen molar-refractivity contribution in [1.82, 2.24) is 0 Å². The average Bonchev–Trinajstić information content (AvgIpc) is 2.90. The number of hydrogen-bond acceptors (Lipinski definition) is 3. The highest BCUT2D eigenvalue weighted by molar-refractivity contribution is 5.98. The van der Waals surface area contributed by atoms with E-state index >= 15 is 0 Å². The van der Waals surface area contributed by atoms with Crippen molar-refractivity contribution < 1.29 is 19.2 Å². The Labute approximate surface area is 166 Å². The number of aryl methyl sites for hydroxylation is 1. The van der Waals surface area contributed by atoms with Crippen molar-refractivity contribution in [3.05, 3.63) is 42.1 Å². The lowest BCUT2D eigenvalue weighted by molar-refractivity contribution is -0.684.